The number of hydrogen-bond acceptors (Lipinski definition) is 2. The Kier molecular flexibility index (Phi) is 3.86. The summed E-state index contributed by atoms with van der Waals surface area (Å²) in [7, 11) is 0. The molecule has 0 atom stereocenters. The van der Waals surface area contributed by atoms with E-state index >= 15 is 0 Å². The number of ether oxygens (including phenoxy) is 1. The summed E-state index contributed by atoms with van der Waals surface area (Å²) in [5.41, 5.74) is 0. The van der Waals surface area contributed by atoms with Crippen LogP contribution in [-0.4, -0.2) is 18.3 Å². The first kappa shape index (κ1) is 10.6. The second-order valence-corrected chi connectivity index (χ2v) is 3.35. The van der Waals surface area contributed by atoms with E-state index in [2.05, 4.69) is 0 Å². The number of rotatable bonds is 3. The van der Waals surface area contributed by atoms with Gasteiger partial charge in [0.15, 0.2) is 0 Å². The van der Waals surface area contributed by atoms with Crippen LogP contribution in [0.5, 0.6) is 5.75 Å². The van der Waals surface area contributed by atoms with Gasteiger partial charge in [-0.15, -0.1) is 0 Å². The van der Waals surface area contributed by atoms with Gasteiger partial charge in [-0.1, -0.05) is 0 Å². The highest BCUT2D eigenvalue weighted by Gasteiger charge is 2.08. The predicted octanol–water partition coefficient (Wildman–Crippen LogP) is 1.94. The first-order valence-corrected chi connectivity index (χ1v) is 4.61. The van der Waals surface area contributed by atoms with E-state index in [1.807, 2.05) is 0 Å². The summed E-state index contributed by atoms with van der Waals surface area (Å²) in [6.45, 7) is -0.158. The maximum Gasteiger partial charge on any atom is 0.143 e. The van der Waals surface area contributed by atoms with Gasteiger partial charge in [-0.25, -0.2) is 8.78 Å². The van der Waals surface area contributed by atoms with Crippen LogP contribution in [0.15, 0.2) is 12.1 Å². The van der Waals surface area contributed by atoms with E-state index in [-0.39, 0.29) is 22.5 Å². The van der Waals surface area contributed by atoms with Crippen molar-refractivity contribution >= 4 is 22.6 Å². The lowest BCUT2D eigenvalue weighted by molar-refractivity contribution is 0.200. The summed E-state index contributed by atoms with van der Waals surface area (Å²) in [5.74, 6) is -1.23. The van der Waals surface area contributed by atoms with Gasteiger partial charge in [-0.05, 0) is 22.6 Å². The highest BCUT2D eigenvalue weighted by Crippen LogP contribution is 2.21. The van der Waals surface area contributed by atoms with E-state index in [0.717, 1.165) is 12.1 Å². The second kappa shape index (κ2) is 4.71. The smallest absolute Gasteiger partial charge is 0.143 e. The van der Waals surface area contributed by atoms with E-state index in [1.54, 1.807) is 22.6 Å². The molecule has 0 saturated heterocycles. The van der Waals surface area contributed by atoms with Crippen LogP contribution in [0.25, 0.3) is 0 Å². The largest absolute Gasteiger partial charge is 0.491 e. The van der Waals surface area contributed by atoms with E-state index in [1.165, 1.54) is 0 Å². The molecule has 0 unspecified atom stereocenters. The number of aliphatic hydroxyl groups is 1. The van der Waals surface area contributed by atoms with Crippen LogP contribution in [0, 0.1) is 15.2 Å². The minimum atomic E-state index is -0.659. The molecule has 0 saturated carbocycles. The van der Waals surface area contributed by atoms with Gasteiger partial charge in [-0.3, -0.25) is 0 Å². The molecule has 1 aromatic carbocycles. The Bertz CT molecular complexity index is 281. The van der Waals surface area contributed by atoms with Gasteiger partial charge in [0.05, 0.1) is 10.2 Å². The molecule has 13 heavy (non-hydrogen) atoms. The fourth-order valence-corrected chi connectivity index (χ4v) is 1.09. The van der Waals surface area contributed by atoms with Crippen molar-refractivity contribution in [1.82, 2.24) is 0 Å². The second-order valence-electron chi connectivity index (χ2n) is 2.27. The average Bonchev–Trinajstić information content (AvgIpc) is 2.10. The molecule has 0 bridgehead atoms. The Balaban J connectivity index is 2.86. The molecule has 0 aliphatic heterocycles. The van der Waals surface area contributed by atoms with Gasteiger partial charge in [0, 0.05) is 12.1 Å². The molecule has 0 heterocycles. The predicted molar refractivity (Wildman–Crippen MR) is 51.7 cm³/mol. The van der Waals surface area contributed by atoms with Crippen LogP contribution >= 0.6 is 22.6 Å². The fraction of sp³-hybridized carbons (Fsp3) is 0.250. The standard InChI is InChI=1S/C8H7F2IO2/c9-6-3-5(13-2-1-12)4-7(10)8(6)11/h3-4,12H,1-2H2. The molecule has 0 fully saturated rings. The highest BCUT2D eigenvalue weighted by molar-refractivity contribution is 14.1. The molecule has 2 nitrogen and oxygen atoms in total. The first-order chi connectivity index (χ1) is 6.15. The van der Waals surface area contributed by atoms with Crippen LogP contribution in [-0.2, 0) is 0 Å². The highest BCUT2D eigenvalue weighted by atomic mass is 127. The number of benzene rings is 1. The summed E-state index contributed by atoms with van der Waals surface area (Å²) in [5, 5.41) is 8.41. The lowest BCUT2D eigenvalue weighted by Gasteiger charge is -2.05. The maximum atomic E-state index is 12.9. The molecule has 0 aromatic heterocycles. The molecule has 0 spiro atoms. The third-order valence-corrected chi connectivity index (χ3v) is 2.35. The summed E-state index contributed by atoms with van der Waals surface area (Å²) in [6, 6.07) is 2.17. The van der Waals surface area contributed by atoms with Crippen molar-refractivity contribution in [3.8, 4) is 5.75 Å². The Morgan fingerprint density at radius 2 is 1.85 bits per heavy atom. The Labute approximate surface area is 87.7 Å². The number of hydrogen-bond donors (Lipinski definition) is 1. The summed E-state index contributed by atoms with van der Waals surface area (Å²) in [6.07, 6.45) is 0. The normalized spacial score (nSPS) is 10.2. The van der Waals surface area contributed by atoms with Crippen LogP contribution in [0.1, 0.15) is 0 Å². The zero-order chi connectivity index (χ0) is 9.84. The van der Waals surface area contributed by atoms with Crippen molar-refractivity contribution in [2.45, 2.75) is 0 Å². The fourth-order valence-electron chi connectivity index (χ4n) is 0.779. The third-order valence-electron chi connectivity index (χ3n) is 1.32. The van der Waals surface area contributed by atoms with Crippen molar-refractivity contribution < 1.29 is 18.6 Å². The molecular formula is C8H7F2IO2. The minimum absolute atomic E-state index is 0.0273. The van der Waals surface area contributed by atoms with E-state index in [9.17, 15) is 8.78 Å². The van der Waals surface area contributed by atoms with Crippen molar-refractivity contribution in [3.05, 3.63) is 27.3 Å². The van der Waals surface area contributed by atoms with Gasteiger partial charge in [0.2, 0.25) is 0 Å². The van der Waals surface area contributed by atoms with E-state index in [4.69, 9.17) is 9.84 Å². The van der Waals surface area contributed by atoms with Gasteiger partial charge in [0.25, 0.3) is 0 Å². The van der Waals surface area contributed by atoms with Gasteiger partial charge in [-0.2, -0.15) is 0 Å². The van der Waals surface area contributed by atoms with Crippen molar-refractivity contribution in [3.63, 3.8) is 0 Å². The lowest BCUT2D eigenvalue weighted by atomic mass is 10.3. The molecule has 0 aliphatic rings. The van der Waals surface area contributed by atoms with Crippen LogP contribution < -0.4 is 4.74 Å². The Hall–Kier alpha value is -0.430. The maximum absolute atomic E-state index is 12.9. The summed E-state index contributed by atoms with van der Waals surface area (Å²) in [4.78, 5) is 0. The monoisotopic (exact) mass is 300 g/mol. The molecule has 0 aliphatic carbocycles. The Morgan fingerprint density at radius 3 is 2.31 bits per heavy atom. The number of halogens is 3. The van der Waals surface area contributed by atoms with E-state index in [0.29, 0.717) is 0 Å². The van der Waals surface area contributed by atoms with E-state index < -0.39 is 11.6 Å². The van der Waals surface area contributed by atoms with Gasteiger partial charge >= 0.3 is 0 Å². The SMILES string of the molecule is OCCOc1cc(F)c(I)c(F)c1. The summed E-state index contributed by atoms with van der Waals surface area (Å²) < 4.78 is 30.5. The van der Waals surface area contributed by atoms with Gasteiger partial charge in [0.1, 0.15) is 24.0 Å². The molecule has 5 heteroatoms. The molecule has 1 aromatic rings. The quantitative estimate of drug-likeness (QED) is 0.683. The van der Waals surface area contributed by atoms with Crippen molar-refractivity contribution in [2.75, 3.05) is 13.2 Å². The topological polar surface area (TPSA) is 29.5 Å². The molecular weight excluding hydrogens is 293 g/mol. The first-order valence-electron chi connectivity index (χ1n) is 3.53. The lowest BCUT2D eigenvalue weighted by Crippen LogP contribution is -2.02. The summed E-state index contributed by atoms with van der Waals surface area (Å²) >= 11 is 1.57. The van der Waals surface area contributed by atoms with Gasteiger partial charge < -0.3 is 9.84 Å². The zero-order valence-corrected chi connectivity index (χ0v) is 8.72. The molecule has 72 valence electrons. The average molecular weight is 300 g/mol. The molecule has 0 amide bonds. The van der Waals surface area contributed by atoms with Crippen molar-refractivity contribution in [2.24, 2.45) is 0 Å². The van der Waals surface area contributed by atoms with Crippen LogP contribution in [0.4, 0.5) is 8.78 Å². The van der Waals surface area contributed by atoms with Crippen LogP contribution in [0.3, 0.4) is 0 Å². The van der Waals surface area contributed by atoms with Crippen LogP contribution in [0.2, 0.25) is 0 Å². The molecule has 0 radical (unpaired) electrons. The minimum Gasteiger partial charge on any atom is -0.491 e. The number of aliphatic hydroxyl groups excluding tert-OH is 1. The third kappa shape index (κ3) is 2.77. The van der Waals surface area contributed by atoms with Crippen molar-refractivity contribution in [1.29, 1.82) is 0 Å². The zero-order valence-electron chi connectivity index (χ0n) is 6.56. The molecule has 1 rings (SSSR count). The Morgan fingerprint density at radius 1 is 1.31 bits per heavy atom. The molecule has 1 N–H and O–H groups in total.